The van der Waals surface area contributed by atoms with Gasteiger partial charge in [-0.25, -0.2) is 8.78 Å². The van der Waals surface area contributed by atoms with Crippen LogP contribution in [0.15, 0.2) is 42.5 Å². The van der Waals surface area contributed by atoms with E-state index in [2.05, 4.69) is 0 Å². The number of alkyl halides is 2. The van der Waals surface area contributed by atoms with Crippen LogP contribution < -0.4 is 14.4 Å². The predicted octanol–water partition coefficient (Wildman–Crippen LogP) is 4.81. The maximum Gasteiger partial charge on any atom is 0.307 e. The molecule has 1 aliphatic heterocycles. The Morgan fingerprint density at radius 2 is 1.82 bits per heavy atom. The summed E-state index contributed by atoms with van der Waals surface area (Å²) in [5.74, 6) is -1.62. The first-order valence-corrected chi connectivity index (χ1v) is 10.8. The number of carboxylic acid groups (broad SMARTS) is 1. The Balaban J connectivity index is 1.91. The highest BCUT2D eigenvalue weighted by Crippen LogP contribution is 2.50. The van der Waals surface area contributed by atoms with Crippen LogP contribution in [0.5, 0.6) is 11.5 Å². The van der Waals surface area contributed by atoms with Gasteiger partial charge in [-0.05, 0) is 24.6 Å². The second kappa shape index (κ2) is 9.44. The van der Waals surface area contributed by atoms with Crippen molar-refractivity contribution in [2.75, 3.05) is 18.1 Å². The van der Waals surface area contributed by atoms with Crippen LogP contribution in [0, 0.1) is 0 Å². The number of aliphatic hydroxyl groups is 1. The average Bonchev–Trinajstić information content (AvgIpc) is 3.03. The van der Waals surface area contributed by atoms with Gasteiger partial charge in [-0.2, -0.15) is 0 Å². The summed E-state index contributed by atoms with van der Waals surface area (Å²) in [5.41, 5.74) is 0.513. The number of amides is 1. The van der Waals surface area contributed by atoms with Crippen LogP contribution in [0.2, 0.25) is 5.02 Å². The largest absolute Gasteiger partial charge is 0.493 e. The highest BCUT2D eigenvalue weighted by atomic mass is 35.5. The molecule has 0 fully saturated rings. The Morgan fingerprint density at radius 1 is 1.15 bits per heavy atom. The number of hydrogen-bond donors (Lipinski definition) is 2. The number of fused-ring (bicyclic) bond motifs is 2. The fourth-order valence-electron chi connectivity index (χ4n) is 4.08. The van der Waals surface area contributed by atoms with Gasteiger partial charge in [0.2, 0.25) is 0 Å². The zero-order chi connectivity index (χ0) is 24.6. The van der Waals surface area contributed by atoms with Crippen molar-refractivity contribution >= 4 is 39.9 Å². The van der Waals surface area contributed by atoms with E-state index in [4.69, 9.17) is 26.2 Å². The van der Waals surface area contributed by atoms with Gasteiger partial charge in [-0.1, -0.05) is 41.9 Å². The van der Waals surface area contributed by atoms with Crippen LogP contribution in [-0.2, 0) is 11.2 Å². The van der Waals surface area contributed by atoms with Crippen LogP contribution in [-0.4, -0.2) is 41.7 Å². The van der Waals surface area contributed by atoms with Crippen molar-refractivity contribution in [3.05, 3.63) is 64.2 Å². The number of halogens is 3. The number of carbonyl (C=O) groups is 2. The second-order valence-electron chi connectivity index (χ2n) is 7.53. The zero-order valence-electron chi connectivity index (χ0n) is 17.9. The van der Waals surface area contributed by atoms with E-state index in [1.165, 1.54) is 18.2 Å². The molecular formula is C24H20ClF2NO6. The minimum atomic E-state index is -2.78. The number of aliphatic carboxylic acids is 1. The van der Waals surface area contributed by atoms with Crippen LogP contribution >= 0.6 is 11.6 Å². The number of ether oxygens (including phenoxy) is 2. The number of hydrogen-bond acceptors (Lipinski definition) is 5. The van der Waals surface area contributed by atoms with Gasteiger partial charge < -0.3 is 19.7 Å². The van der Waals surface area contributed by atoms with Crippen molar-refractivity contribution in [1.82, 2.24) is 0 Å². The molecule has 0 saturated heterocycles. The number of aliphatic hydroxyl groups excluding tert-OH is 1. The van der Waals surface area contributed by atoms with Crippen molar-refractivity contribution in [2.24, 2.45) is 0 Å². The molecule has 2 N–H and O–H groups in total. The lowest BCUT2D eigenvalue weighted by atomic mass is 9.98. The van der Waals surface area contributed by atoms with Crippen molar-refractivity contribution in [3.8, 4) is 11.5 Å². The number of rotatable bonds is 8. The Hall–Kier alpha value is -3.43. The van der Waals surface area contributed by atoms with Gasteiger partial charge in [0.1, 0.15) is 18.1 Å². The molecule has 1 aliphatic rings. The molecule has 0 spiro atoms. The van der Waals surface area contributed by atoms with Gasteiger partial charge in [-0.3, -0.25) is 14.5 Å². The molecule has 0 saturated carbocycles. The van der Waals surface area contributed by atoms with Crippen molar-refractivity contribution in [2.45, 2.75) is 26.0 Å². The topological polar surface area (TPSA) is 96.3 Å². The van der Waals surface area contributed by atoms with E-state index in [9.17, 15) is 23.5 Å². The number of nitrogens with zero attached hydrogens (tertiary/aromatic N) is 1. The van der Waals surface area contributed by atoms with Crippen LogP contribution in [0.3, 0.4) is 0 Å². The van der Waals surface area contributed by atoms with Crippen LogP contribution in [0.1, 0.15) is 34.6 Å². The van der Waals surface area contributed by atoms with Gasteiger partial charge in [-0.15, -0.1) is 0 Å². The summed E-state index contributed by atoms with van der Waals surface area (Å²) in [5, 5.41) is 21.2. The van der Waals surface area contributed by atoms with Crippen molar-refractivity contribution in [3.63, 3.8) is 0 Å². The fourth-order valence-corrected chi connectivity index (χ4v) is 4.38. The highest BCUT2D eigenvalue weighted by Gasteiger charge is 2.44. The van der Waals surface area contributed by atoms with Gasteiger partial charge in [0.15, 0.2) is 6.23 Å². The molecule has 0 aliphatic carbocycles. The molecular weight excluding hydrogens is 472 g/mol. The van der Waals surface area contributed by atoms with Crippen LogP contribution in [0.4, 0.5) is 14.5 Å². The zero-order valence-corrected chi connectivity index (χ0v) is 18.7. The van der Waals surface area contributed by atoms with E-state index in [1.54, 1.807) is 31.2 Å². The lowest BCUT2D eigenvalue weighted by Crippen LogP contribution is -2.28. The summed E-state index contributed by atoms with van der Waals surface area (Å²) < 4.78 is 37.2. The molecule has 1 atom stereocenters. The molecule has 0 bridgehead atoms. The molecule has 10 heteroatoms. The predicted molar refractivity (Wildman–Crippen MR) is 121 cm³/mol. The molecule has 0 radical (unpaired) electrons. The minimum absolute atomic E-state index is 0.0384. The van der Waals surface area contributed by atoms with E-state index in [1.807, 2.05) is 0 Å². The molecule has 1 amide bonds. The summed E-state index contributed by atoms with van der Waals surface area (Å²) in [4.78, 5) is 25.6. The summed E-state index contributed by atoms with van der Waals surface area (Å²) >= 11 is 6.36. The van der Waals surface area contributed by atoms with E-state index >= 15 is 0 Å². The van der Waals surface area contributed by atoms with Gasteiger partial charge in [0.25, 0.3) is 12.3 Å². The second-order valence-corrected chi connectivity index (χ2v) is 7.94. The lowest BCUT2D eigenvalue weighted by Gasteiger charge is -2.23. The van der Waals surface area contributed by atoms with Gasteiger partial charge in [0.05, 0.1) is 34.9 Å². The molecule has 0 aromatic heterocycles. The molecule has 7 nitrogen and oxygen atoms in total. The third-order valence-electron chi connectivity index (χ3n) is 5.36. The van der Waals surface area contributed by atoms with Crippen molar-refractivity contribution < 1.29 is 38.1 Å². The molecule has 4 rings (SSSR count). The smallest absolute Gasteiger partial charge is 0.307 e. The molecule has 34 heavy (non-hydrogen) atoms. The first-order chi connectivity index (χ1) is 16.2. The summed E-state index contributed by atoms with van der Waals surface area (Å²) in [6.45, 7) is 1.01. The van der Waals surface area contributed by atoms with E-state index in [0.717, 1.165) is 4.90 Å². The average molecular weight is 492 g/mol. The molecule has 178 valence electrons. The Bertz CT molecular complexity index is 1280. The standard InChI is InChI=1S/C24H20ClF2NO6/c1-2-33-21-13-5-3-4-6-14(13)22(34-11-17(26)27)20-19(21)23(31)28(24(20)32)16-8-7-12(9-15(16)25)10-18(29)30/h3-9,17,23,31H,2,10-11H2,1H3,(H,29,30). The minimum Gasteiger partial charge on any atom is -0.493 e. The molecule has 1 heterocycles. The lowest BCUT2D eigenvalue weighted by molar-refractivity contribution is -0.136. The summed E-state index contributed by atoms with van der Waals surface area (Å²) in [7, 11) is 0. The highest BCUT2D eigenvalue weighted by molar-refractivity contribution is 6.34. The SMILES string of the molecule is CCOc1c2c(c(OCC(F)F)c3ccccc13)C(=O)N(c1ccc(CC(=O)O)cc1Cl)C2O. The Kier molecular flexibility index (Phi) is 6.58. The van der Waals surface area contributed by atoms with E-state index in [0.29, 0.717) is 16.3 Å². The number of benzene rings is 3. The number of carboxylic acids is 1. The van der Waals surface area contributed by atoms with E-state index in [-0.39, 0.29) is 46.4 Å². The first kappa shape index (κ1) is 23.7. The van der Waals surface area contributed by atoms with Crippen LogP contribution in [0.25, 0.3) is 10.8 Å². The number of anilines is 1. The Morgan fingerprint density at radius 3 is 2.41 bits per heavy atom. The number of carbonyl (C=O) groups excluding carboxylic acids is 1. The maximum atomic E-state index is 13.6. The molecule has 3 aromatic carbocycles. The summed E-state index contributed by atoms with van der Waals surface area (Å²) in [6.07, 6.45) is -4.61. The summed E-state index contributed by atoms with van der Waals surface area (Å²) in [6, 6.07) is 11.0. The maximum absolute atomic E-state index is 13.6. The fraction of sp³-hybridized carbons (Fsp3) is 0.250. The van der Waals surface area contributed by atoms with E-state index < -0.39 is 31.1 Å². The quantitative estimate of drug-likeness (QED) is 0.469. The monoisotopic (exact) mass is 491 g/mol. The molecule has 3 aromatic rings. The van der Waals surface area contributed by atoms with Crippen molar-refractivity contribution in [1.29, 1.82) is 0 Å². The normalized spacial score (nSPS) is 15.2. The third kappa shape index (κ3) is 4.12. The third-order valence-corrected chi connectivity index (χ3v) is 5.66. The first-order valence-electron chi connectivity index (χ1n) is 10.4. The molecule has 1 unspecified atom stereocenters. The Labute approximate surface area is 198 Å². The van der Waals surface area contributed by atoms with Gasteiger partial charge >= 0.3 is 5.97 Å². The van der Waals surface area contributed by atoms with Gasteiger partial charge in [0, 0.05) is 10.8 Å².